The fourth-order valence-electron chi connectivity index (χ4n) is 3.33. The molecule has 31 heavy (non-hydrogen) atoms. The van der Waals surface area contributed by atoms with Crippen molar-refractivity contribution >= 4 is 20.4 Å². The van der Waals surface area contributed by atoms with Gasteiger partial charge in [0, 0.05) is 51.9 Å². The Balaban J connectivity index is 2.01. The molecule has 0 unspecified atom stereocenters. The number of rotatable bonds is 6. The van der Waals surface area contributed by atoms with E-state index in [0.717, 1.165) is 5.56 Å². The summed E-state index contributed by atoms with van der Waals surface area (Å²) in [5, 5.41) is 0. The minimum absolute atomic E-state index is 0.131. The number of benzene rings is 1. The summed E-state index contributed by atoms with van der Waals surface area (Å²) in [4.78, 5) is 14.7. The third kappa shape index (κ3) is 4.10. The van der Waals surface area contributed by atoms with Crippen LogP contribution >= 0.6 is 10.3 Å². The molecular formula is C23H21N3O3S2. The SMILES string of the molecule is Cc1ccc(S(=O)(=O)OS(c2cccnc2)(c2cccnc2)c2cccnc2)c(C)c1. The molecule has 0 bridgehead atoms. The fraction of sp³-hybridized carbons (Fsp3) is 0.0870. The van der Waals surface area contributed by atoms with Crippen LogP contribution in [0, 0.1) is 13.8 Å². The molecule has 0 saturated heterocycles. The highest BCUT2D eigenvalue weighted by atomic mass is 32.3. The lowest BCUT2D eigenvalue weighted by Crippen LogP contribution is -2.16. The van der Waals surface area contributed by atoms with Gasteiger partial charge in [-0.05, 0) is 72.2 Å². The molecule has 0 spiro atoms. The Morgan fingerprint density at radius 3 is 1.58 bits per heavy atom. The Bertz CT molecular complexity index is 1190. The van der Waals surface area contributed by atoms with Crippen molar-refractivity contribution < 1.29 is 12.0 Å². The predicted molar refractivity (Wildman–Crippen MR) is 119 cm³/mol. The summed E-state index contributed by atoms with van der Waals surface area (Å²) >= 11 is 0. The summed E-state index contributed by atoms with van der Waals surface area (Å²) in [6, 6.07) is 15.9. The van der Waals surface area contributed by atoms with Crippen LogP contribution in [-0.4, -0.2) is 23.4 Å². The molecule has 0 radical (unpaired) electrons. The fourth-order valence-corrected chi connectivity index (χ4v) is 8.58. The van der Waals surface area contributed by atoms with Gasteiger partial charge in [-0.3, -0.25) is 15.0 Å². The molecule has 3 heterocycles. The molecule has 4 rings (SSSR count). The van der Waals surface area contributed by atoms with Gasteiger partial charge in [0.05, 0.1) is 4.90 Å². The number of pyridine rings is 3. The van der Waals surface area contributed by atoms with Crippen LogP contribution in [0.5, 0.6) is 0 Å². The monoisotopic (exact) mass is 451 g/mol. The van der Waals surface area contributed by atoms with Crippen LogP contribution in [0.15, 0.2) is 111 Å². The summed E-state index contributed by atoms with van der Waals surface area (Å²) in [6.45, 7) is 3.68. The van der Waals surface area contributed by atoms with Crippen LogP contribution in [-0.2, 0) is 13.7 Å². The van der Waals surface area contributed by atoms with E-state index in [1.807, 2.05) is 31.2 Å². The van der Waals surface area contributed by atoms with Gasteiger partial charge in [-0.1, -0.05) is 17.7 Å². The highest BCUT2D eigenvalue weighted by Gasteiger charge is 2.39. The second kappa shape index (κ2) is 8.58. The second-order valence-electron chi connectivity index (χ2n) is 6.91. The molecule has 0 amide bonds. The molecule has 0 N–H and O–H groups in total. The van der Waals surface area contributed by atoms with Crippen LogP contribution in [0.25, 0.3) is 0 Å². The normalized spacial score (nSPS) is 12.5. The van der Waals surface area contributed by atoms with Crippen LogP contribution in [0.1, 0.15) is 11.1 Å². The molecule has 8 heteroatoms. The van der Waals surface area contributed by atoms with E-state index in [2.05, 4.69) is 15.0 Å². The number of hydrogen-bond acceptors (Lipinski definition) is 6. The van der Waals surface area contributed by atoms with E-state index in [9.17, 15) is 8.42 Å². The third-order valence-electron chi connectivity index (χ3n) is 4.69. The summed E-state index contributed by atoms with van der Waals surface area (Å²) < 4.78 is 33.5. The average molecular weight is 452 g/mol. The first-order chi connectivity index (χ1) is 14.9. The molecule has 0 aliphatic rings. The minimum atomic E-state index is -4.16. The Hall–Kier alpha value is -3.07. The van der Waals surface area contributed by atoms with E-state index >= 15 is 0 Å². The number of nitrogens with zero attached hydrogens (tertiary/aromatic N) is 3. The van der Waals surface area contributed by atoms with Crippen LogP contribution in [0.4, 0.5) is 0 Å². The zero-order valence-corrected chi connectivity index (χ0v) is 18.7. The highest BCUT2D eigenvalue weighted by molar-refractivity contribution is 8.33. The smallest absolute Gasteiger partial charge is 0.264 e. The lowest BCUT2D eigenvalue weighted by Gasteiger charge is -2.38. The van der Waals surface area contributed by atoms with E-state index in [4.69, 9.17) is 3.63 Å². The summed E-state index contributed by atoms with van der Waals surface area (Å²) in [5.74, 6) is 0. The van der Waals surface area contributed by atoms with Crippen molar-refractivity contribution in [2.24, 2.45) is 0 Å². The minimum Gasteiger partial charge on any atom is -0.264 e. The van der Waals surface area contributed by atoms with Crippen LogP contribution in [0.3, 0.4) is 0 Å². The summed E-state index contributed by atoms with van der Waals surface area (Å²) in [7, 11) is -6.90. The molecular weight excluding hydrogens is 430 g/mol. The third-order valence-corrected chi connectivity index (χ3v) is 9.94. The molecule has 3 aromatic heterocycles. The Morgan fingerprint density at radius 1 is 0.710 bits per heavy atom. The highest BCUT2D eigenvalue weighted by Crippen LogP contribution is 2.69. The van der Waals surface area contributed by atoms with Gasteiger partial charge in [-0.15, -0.1) is 0 Å². The van der Waals surface area contributed by atoms with Crippen molar-refractivity contribution in [2.45, 2.75) is 33.4 Å². The topological polar surface area (TPSA) is 82.0 Å². The van der Waals surface area contributed by atoms with Gasteiger partial charge in [0.2, 0.25) is 0 Å². The lowest BCUT2D eigenvalue weighted by atomic mass is 10.2. The first-order valence-electron chi connectivity index (χ1n) is 9.50. The number of hydrogen-bond donors (Lipinski definition) is 0. The Labute approximate surface area is 183 Å². The summed E-state index contributed by atoms with van der Waals surface area (Å²) in [5.41, 5.74) is 1.60. The molecule has 0 aliphatic heterocycles. The van der Waals surface area contributed by atoms with Crippen molar-refractivity contribution in [2.75, 3.05) is 0 Å². The van der Waals surface area contributed by atoms with Gasteiger partial charge < -0.3 is 0 Å². The maximum absolute atomic E-state index is 13.6. The molecule has 0 fully saturated rings. The van der Waals surface area contributed by atoms with Crippen molar-refractivity contribution in [1.82, 2.24) is 15.0 Å². The molecule has 0 aliphatic carbocycles. The molecule has 0 atom stereocenters. The predicted octanol–water partition coefficient (Wildman–Crippen LogP) is 5.09. The van der Waals surface area contributed by atoms with Gasteiger partial charge in [0.1, 0.15) is 0 Å². The Kier molecular flexibility index (Phi) is 5.86. The Morgan fingerprint density at radius 2 is 1.19 bits per heavy atom. The zero-order valence-electron chi connectivity index (χ0n) is 17.0. The number of aryl methyl sites for hydroxylation is 2. The van der Waals surface area contributed by atoms with Gasteiger partial charge in [-0.25, -0.2) is 3.63 Å². The molecule has 1 aromatic carbocycles. The van der Waals surface area contributed by atoms with Crippen LogP contribution in [0.2, 0.25) is 0 Å². The largest absolute Gasteiger partial charge is 0.307 e. The number of aromatic nitrogens is 3. The van der Waals surface area contributed by atoms with Gasteiger partial charge in [-0.2, -0.15) is 8.42 Å². The maximum atomic E-state index is 13.6. The lowest BCUT2D eigenvalue weighted by molar-refractivity contribution is 0.507. The van der Waals surface area contributed by atoms with Gasteiger partial charge in [0.15, 0.2) is 0 Å². The van der Waals surface area contributed by atoms with Crippen LogP contribution < -0.4 is 0 Å². The van der Waals surface area contributed by atoms with Gasteiger partial charge >= 0.3 is 10.1 Å². The average Bonchev–Trinajstić information content (AvgIpc) is 2.79. The van der Waals surface area contributed by atoms with E-state index in [1.165, 1.54) is 0 Å². The second-order valence-corrected chi connectivity index (χ2v) is 11.3. The molecule has 0 saturated carbocycles. The van der Waals surface area contributed by atoms with Crippen molar-refractivity contribution in [3.05, 3.63) is 103 Å². The molecule has 6 nitrogen and oxygen atoms in total. The van der Waals surface area contributed by atoms with E-state index in [0.29, 0.717) is 20.2 Å². The first kappa shape index (κ1) is 21.2. The molecule has 158 valence electrons. The molecule has 4 aromatic rings. The zero-order chi connectivity index (χ0) is 21.9. The first-order valence-corrected chi connectivity index (χ1v) is 12.5. The van der Waals surface area contributed by atoms with Crippen molar-refractivity contribution in [3.8, 4) is 0 Å². The van der Waals surface area contributed by atoms with E-state index < -0.39 is 20.4 Å². The summed E-state index contributed by atoms with van der Waals surface area (Å²) in [6.07, 6.45) is 9.81. The maximum Gasteiger partial charge on any atom is 0.307 e. The quantitative estimate of drug-likeness (QED) is 0.406. The van der Waals surface area contributed by atoms with E-state index in [-0.39, 0.29) is 4.90 Å². The van der Waals surface area contributed by atoms with Crippen molar-refractivity contribution in [1.29, 1.82) is 0 Å². The van der Waals surface area contributed by atoms with Crippen molar-refractivity contribution in [3.63, 3.8) is 0 Å². The standard InChI is InChI=1S/C23H21N3O3S2/c1-18-9-10-23(19(2)14-18)31(27,28)29-30(20-6-3-11-24-15-20,21-7-4-12-25-16-21)22-8-5-13-26-17-22/h3-17H,1-2H3. The van der Waals surface area contributed by atoms with E-state index in [1.54, 1.807) is 74.4 Å². The van der Waals surface area contributed by atoms with Gasteiger partial charge in [0.25, 0.3) is 0 Å².